The summed E-state index contributed by atoms with van der Waals surface area (Å²) in [6.45, 7) is 5.86. The lowest BCUT2D eigenvalue weighted by Crippen LogP contribution is -2.42. The average molecular weight is 449 g/mol. The molecule has 0 N–H and O–H groups in total. The van der Waals surface area contributed by atoms with Crippen molar-refractivity contribution in [2.75, 3.05) is 11.4 Å². The van der Waals surface area contributed by atoms with Crippen molar-refractivity contribution in [1.82, 2.24) is 9.78 Å². The zero-order valence-electron chi connectivity index (χ0n) is 17.4. The molecule has 1 aliphatic heterocycles. The van der Waals surface area contributed by atoms with Crippen LogP contribution in [0, 0.1) is 20.8 Å². The highest BCUT2D eigenvalue weighted by molar-refractivity contribution is 7.12. The molecule has 2 aromatic heterocycles. The van der Waals surface area contributed by atoms with Crippen molar-refractivity contribution in [2.24, 2.45) is 0 Å². The SMILES string of the molecule is Cc1cc2n(n1)C(C(F)(F)F)CCN2C(=O)c1cc(COc2c(C)cccc2C)cs1. The number of alkyl halides is 3. The minimum absolute atomic E-state index is 0.0136. The largest absolute Gasteiger partial charge is 0.488 e. The zero-order chi connectivity index (χ0) is 22.3. The standard InChI is InChI=1S/C22H22F3N3O2S/c1-13-5-4-6-14(2)20(13)30-11-16-10-17(31-12-16)21(29)27-8-7-18(22(23,24)25)28-19(27)9-15(3)26-28/h4-6,9-10,12,18H,7-8,11H2,1-3H3. The molecule has 4 rings (SSSR count). The van der Waals surface area contributed by atoms with Crippen molar-refractivity contribution < 1.29 is 22.7 Å². The van der Waals surface area contributed by atoms with Crippen LogP contribution in [0.2, 0.25) is 0 Å². The highest BCUT2D eigenvalue weighted by Gasteiger charge is 2.46. The van der Waals surface area contributed by atoms with E-state index in [0.717, 1.165) is 27.1 Å². The molecule has 0 spiro atoms. The summed E-state index contributed by atoms with van der Waals surface area (Å²) in [5, 5.41) is 5.84. The Morgan fingerprint density at radius 1 is 1.23 bits per heavy atom. The lowest BCUT2D eigenvalue weighted by Gasteiger charge is -2.33. The number of nitrogens with zero attached hydrogens (tertiary/aromatic N) is 3. The lowest BCUT2D eigenvalue weighted by atomic mass is 10.1. The Morgan fingerprint density at radius 3 is 2.61 bits per heavy atom. The van der Waals surface area contributed by atoms with Gasteiger partial charge in [-0.25, -0.2) is 4.68 Å². The number of anilines is 1. The summed E-state index contributed by atoms with van der Waals surface area (Å²) < 4.78 is 47.0. The molecule has 0 saturated heterocycles. The first-order chi connectivity index (χ1) is 14.6. The van der Waals surface area contributed by atoms with Crippen LogP contribution in [-0.2, 0) is 6.61 Å². The molecule has 0 saturated carbocycles. The first kappa shape index (κ1) is 21.4. The van der Waals surface area contributed by atoms with Gasteiger partial charge in [0.25, 0.3) is 5.91 Å². The number of amides is 1. The van der Waals surface area contributed by atoms with Crippen LogP contribution < -0.4 is 9.64 Å². The van der Waals surface area contributed by atoms with Crippen LogP contribution in [0.5, 0.6) is 5.75 Å². The van der Waals surface area contributed by atoms with Gasteiger partial charge in [0.2, 0.25) is 0 Å². The first-order valence-electron chi connectivity index (χ1n) is 9.86. The maximum absolute atomic E-state index is 13.4. The molecule has 1 atom stereocenters. The quantitative estimate of drug-likeness (QED) is 0.521. The highest BCUT2D eigenvalue weighted by Crippen LogP contribution is 2.40. The number of hydrogen-bond donors (Lipinski definition) is 0. The molecular weight excluding hydrogens is 427 g/mol. The number of ether oxygens (including phenoxy) is 1. The van der Waals surface area contributed by atoms with Crippen LogP contribution in [0.4, 0.5) is 19.0 Å². The number of thiophene rings is 1. The molecular formula is C22H22F3N3O2S. The second kappa shape index (κ2) is 8.03. The van der Waals surface area contributed by atoms with Crippen molar-refractivity contribution in [3.8, 4) is 5.75 Å². The molecule has 0 fully saturated rings. The van der Waals surface area contributed by atoms with Crippen molar-refractivity contribution in [1.29, 1.82) is 0 Å². The van der Waals surface area contributed by atoms with Gasteiger partial charge in [-0.3, -0.25) is 9.69 Å². The summed E-state index contributed by atoms with van der Waals surface area (Å²) in [5.74, 6) is 0.665. The van der Waals surface area contributed by atoms with Gasteiger partial charge in [0.15, 0.2) is 6.04 Å². The van der Waals surface area contributed by atoms with E-state index in [2.05, 4.69) is 5.10 Å². The molecule has 1 amide bonds. The molecule has 1 unspecified atom stereocenters. The smallest absolute Gasteiger partial charge is 0.410 e. The van der Waals surface area contributed by atoms with E-state index < -0.39 is 12.2 Å². The predicted octanol–water partition coefficient (Wildman–Crippen LogP) is 5.60. The van der Waals surface area contributed by atoms with Crippen LogP contribution >= 0.6 is 11.3 Å². The number of para-hydroxylation sites is 1. The Bertz CT molecular complexity index is 1100. The van der Waals surface area contributed by atoms with E-state index in [4.69, 9.17) is 4.74 Å². The fourth-order valence-corrected chi connectivity index (χ4v) is 4.65. The minimum atomic E-state index is -4.41. The number of aromatic nitrogens is 2. The third-order valence-corrected chi connectivity index (χ3v) is 6.28. The molecule has 3 aromatic rings. The van der Waals surface area contributed by atoms with Gasteiger partial charge in [0.1, 0.15) is 18.2 Å². The van der Waals surface area contributed by atoms with E-state index in [1.807, 2.05) is 37.4 Å². The maximum atomic E-state index is 13.4. The Morgan fingerprint density at radius 2 is 1.94 bits per heavy atom. The molecule has 1 aromatic carbocycles. The van der Waals surface area contributed by atoms with E-state index in [9.17, 15) is 18.0 Å². The van der Waals surface area contributed by atoms with Gasteiger partial charge >= 0.3 is 6.18 Å². The van der Waals surface area contributed by atoms with Crippen LogP contribution in [-0.4, -0.2) is 28.4 Å². The van der Waals surface area contributed by atoms with Crippen molar-refractivity contribution in [3.05, 3.63) is 63.0 Å². The number of rotatable bonds is 4. The molecule has 0 aliphatic carbocycles. The second-order valence-corrected chi connectivity index (χ2v) is 8.63. The summed E-state index contributed by atoms with van der Waals surface area (Å²) in [6, 6.07) is 7.46. The summed E-state index contributed by atoms with van der Waals surface area (Å²) >= 11 is 1.26. The Balaban J connectivity index is 1.52. The number of aryl methyl sites for hydroxylation is 3. The molecule has 31 heavy (non-hydrogen) atoms. The van der Waals surface area contributed by atoms with Crippen molar-refractivity contribution in [3.63, 3.8) is 0 Å². The van der Waals surface area contributed by atoms with E-state index in [1.54, 1.807) is 13.0 Å². The lowest BCUT2D eigenvalue weighted by molar-refractivity contribution is -0.172. The van der Waals surface area contributed by atoms with Gasteiger partial charge in [-0.05, 0) is 49.8 Å². The third kappa shape index (κ3) is 4.19. The molecule has 164 valence electrons. The number of benzene rings is 1. The molecule has 1 aliphatic rings. The van der Waals surface area contributed by atoms with Crippen LogP contribution in [0.15, 0.2) is 35.7 Å². The van der Waals surface area contributed by atoms with Gasteiger partial charge in [0, 0.05) is 18.2 Å². The Labute approximate surface area is 182 Å². The summed E-state index contributed by atoms with van der Waals surface area (Å²) in [5.41, 5.74) is 3.34. The molecule has 5 nitrogen and oxygen atoms in total. The Kier molecular flexibility index (Phi) is 5.55. The summed E-state index contributed by atoms with van der Waals surface area (Å²) in [6.07, 6.45) is -4.64. The second-order valence-electron chi connectivity index (χ2n) is 7.72. The number of hydrogen-bond acceptors (Lipinski definition) is 4. The normalized spacial score (nSPS) is 16.3. The van der Waals surface area contributed by atoms with Gasteiger partial charge < -0.3 is 4.74 Å². The number of fused-ring (bicyclic) bond motifs is 1. The van der Waals surface area contributed by atoms with Gasteiger partial charge in [0.05, 0.1) is 10.6 Å². The van der Waals surface area contributed by atoms with Crippen LogP contribution in [0.1, 0.15) is 44.5 Å². The van der Waals surface area contributed by atoms with Crippen molar-refractivity contribution >= 4 is 23.1 Å². The monoisotopic (exact) mass is 449 g/mol. The van der Waals surface area contributed by atoms with E-state index in [0.29, 0.717) is 17.2 Å². The first-order valence-corrected chi connectivity index (χ1v) is 10.7. The predicted molar refractivity (Wildman–Crippen MR) is 113 cm³/mol. The zero-order valence-corrected chi connectivity index (χ0v) is 18.2. The topological polar surface area (TPSA) is 47.4 Å². The fourth-order valence-electron chi connectivity index (χ4n) is 3.81. The number of carbonyl (C=O) groups is 1. The van der Waals surface area contributed by atoms with Gasteiger partial charge in [-0.1, -0.05) is 18.2 Å². The van der Waals surface area contributed by atoms with Gasteiger partial charge in [-0.2, -0.15) is 18.3 Å². The summed E-state index contributed by atoms with van der Waals surface area (Å²) in [4.78, 5) is 14.9. The maximum Gasteiger partial charge on any atom is 0.410 e. The number of carbonyl (C=O) groups excluding carboxylic acids is 1. The molecule has 9 heteroatoms. The van der Waals surface area contributed by atoms with E-state index in [1.165, 1.54) is 22.3 Å². The fraction of sp³-hybridized carbons (Fsp3) is 0.364. The molecule has 3 heterocycles. The highest BCUT2D eigenvalue weighted by atomic mass is 32.1. The molecule has 0 bridgehead atoms. The third-order valence-electron chi connectivity index (χ3n) is 5.32. The van der Waals surface area contributed by atoms with Crippen LogP contribution in [0.3, 0.4) is 0 Å². The molecule has 0 radical (unpaired) electrons. The Hall–Kier alpha value is -2.81. The van der Waals surface area contributed by atoms with Crippen LogP contribution in [0.25, 0.3) is 0 Å². The summed E-state index contributed by atoms with van der Waals surface area (Å²) in [7, 11) is 0. The van der Waals surface area contributed by atoms with Gasteiger partial charge in [-0.15, -0.1) is 11.3 Å². The van der Waals surface area contributed by atoms with Crippen molar-refractivity contribution in [2.45, 2.75) is 46.0 Å². The van der Waals surface area contributed by atoms with E-state index in [-0.39, 0.29) is 24.7 Å². The minimum Gasteiger partial charge on any atom is -0.488 e. The van der Waals surface area contributed by atoms with E-state index >= 15 is 0 Å². The average Bonchev–Trinajstić information content (AvgIpc) is 3.31. The number of halogens is 3.